The van der Waals surface area contributed by atoms with E-state index in [0.717, 1.165) is 16.9 Å². The normalized spacial score (nSPS) is 11.2. The van der Waals surface area contributed by atoms with Crippen LogP contribution in [0.2, 0.25) is 0 Å². The number of hydrogen-bond acceptors (Lipinski definition) is 3. The number of thiophene rings is 1. The summed E-state index contributed by atoms with van der Waals surface area (Å²) < 4.78 is 2.10. The highest BCUT2D eigenvalue weighted by Crippen LogP contribution is 2.27. The Morgan fingerprint density at radius 3 is 2.94 bits per heavy atom. The van der Waals surface area contributed by atoms with Gasteiger partial charge >= 0.3 is 0 Å². The molecule has 0 radical (unpaired) electrons. The van der Waals surface area contributed by atoms with Gasteiger partial charge in [0, 0.05) is 17.6 Å². The Kier molecular flexibility index (Phi) is 2.46. The third-order valence-electron chi connectivity index (χ3n) is 2.84. The van der Waals surface area contributed by atoms with E-state index in [9.17, 15) is 0 Å². The topological polar surface area (TPSA) is 43.3 Å². The monoisotopic (exact) mass is 243 g/mol. The number of pyridine rings is 1. The van der Waals surface area contributed by atoms with Crippen molar-refractivity contribution in [3.05, 3.63) is 47.1 Å². The van der Waals surface area contributed by atoms with E-state index in [-0.39, 0.29) is 0 Å². The number of fused-ring (bicyclic) bond motifs is 1. The molecule has 3 heterocycles. The molecular formula is C13H13N3S. The van der Waals surface area contributed by atoms with Crippen molar-refractivity contribution in [2.45, 2.75) is 13.5 Å². The van der Waals surface area contributed by atoms with Gasteiger partial charge < -0.3 is 5.73 Å². The highest BCUT2D eigenvalue weighted by molar-refractivity contribution is 7.15. The van der Waals surface area contributed by atoms with Crippen LogP contribution in [0.4, 0.5) is 0 Å². The lowest BCUT2D eigenvalue weighted by atomic mass is 10.2. The summed E-state index contributed by atoms with van der Waals surface area (Å²) in [5.74, 6) is 0.994. The maximum atomic E-state index is 5.73. The molecule has 3 rings (SSSR count). The number of aryl methyl sites for hydroxylation is 1. The van der Waals surface area contributed by atoms with Crippen LogP contribution in [0.5, 0.6) is 0 Å². The molecule has 0 spiro atoms. The molecule has 0 amide bonds. The van der Waals surface area contributed by atoms with Crippen molar-refractivity contribution in [2.24, 2.45) is 5.73 Å². The van der Waals surface area contributed by atoms with Crippen molar-refractivity contribution in [3.63, 3.8) is 0 Å². The van der Waals surface area contributed by atoms with Crippen LogP contribution < -0.4 is 5.73 Å². The average molecular weight is 243 g/mol. The van der Waals surface area contributed by atoms with Crippen molar-refractivity contribution in [1.29, 1.82) is 0 Å². The summed E-state index contributed by atoms with van der Waals surface area (Å²) in [5.41, 5.74) is 7.95. The van der Waals surface area contributed by atoms with Crippen LogP contribution in [-0.2, 0) is 6.54 Å². The summed E-state index contributed by atoms with van der Waals surface area (Å²) in [6, 6.07) is 8.29. The van der Waals surface area contributed by atoms with E-state index < -0.39 is 0 Å². The molecule has 3 aromatic rings. The Morgan fingerprint density at radius 2 is 2.24 bits per heavy atom. The van der Waals surface area contributed by atoms with Crippen molar-refractivity contribution in [3.8, 4) is 10.7 Å². The second-order valence-corrected chi connectivity index (χ2v) is 5.27. The third-order valence-corrected chi connectivity index (χ3v) is 3.84. The Balaban J connectivity index is 2.25. The molecule has 0 bridgehead atoms. The summed E-state index contributed by atoms with van der Waals surface area (Å²) in [5, 5.41) is 0. The van der Waals surface area contributed by atoms with Gasteiger partial charge in [-0.1, -0.05) is 6.07 Å². The zero-order chi connectivity index (χ0) is 11.8. The fourth-order valence-corrected chi connectivity index (χ4v) is 2.85. The van der Waals surface area contributed by atoms with Crippen molar-refractivity contribution < 1.29 is 0 Å². The quantitative estimate of drug-likeness (QED) is 0.752. The maximum absolute atomic E-state index is 5.73. The minimum absolute atomic E-state index is 0.541. The van der Waals surface area contributed by atoms with Gasteiger partial charge in [0.05, 0.1) is 16.6 Å². The minimum Gasteiger partial charge on any atom is -0.326 e. The predicted molar refractivity (Wildman–Crippen MR) is 71.1 cm³/mol. The molecule has 0 saturated heterocycles. The zero-order valence-corrected chi connectivity index (χ0v) is 10.4. The first-order valence-corrected chi connectivity index (χ1v) is 6.33. The van der Waals surface area contributed by atoms with E-state index in [1.54, 1.807) is 11.3 Å². The first-order valence-electron chi connectivity index (χ1n) is 5.51. The molecule has 0 atom stereocenters. The summed E-state index contributed by atoms with van der Waals surface area (Å²) in [6.45, 7) is 2.65. The van der Waals surface area contributed by atoms with Crippen LogP contribution >= 0.6 is 11.3 Å². The smallest absolute Gasteiger partial charge is 0.154 e. The molecule has 4 heteroatoms. The number of hydrogen-bond donors (Lipinski definition) is 1. The van der Waals surface area contributed by atoms with E-state index >= 15 is 0 Å². The van der Waals surface area contributed by atoms with Gasteiger partial charge in [0.2, 0.25) is 0 Å². The lowest BCUT2D eigenvalue weighted by Crippen LogP contribution is -1.99. The van der Waals surface area contributed by atoms with Gasteiger partial charge in [-0.15, -0.1) is 11.3 Å². The summed E-state index contributed by atoms with van der Waals surface area (Å²) in [4.78, 5) is 6.99. The molecule has 3 aromatic heterocycles. The van der Waals surface area contributed by atoms with E-state index in [4.69, 9.17) is 5.73 Å². The second kappa shape index (κ2) is 3.98. The molecule has 3 nitrogen and oxygen atoms in total. The number of nitrogens with two attached hydrogens (primary N) is 1. The van der Waals surface area contributed by atoms with Crippen LogP contribution in [0.25, 0.3) is 16.2 Å². The van der Waals surface area contributed by atoms with Gasteiger partial charge in [-0.25, -0.2) is 4.98 Å². The van der Waals surface area contributed by atoms with Gasteiger partial charge in [0.15, 0.2) is 5.82 Å². The summed E-state index contributed by atoms with van der Waals surface area (Å²) >= 11 is 1.76. The predicted octanol–water partition coefficient (Wildman–Crippen LogP) is 2.83. The number of aromatic nitrogens is 2. The van der Waals surface area contributed by atoms with Gasteiger partial charge in [-0.05, 0) is 30.7 Å². The van der Waals surface area contributed by atoms with Gasteiger partial charge in [-0.2, -0.15) is 0 Å². The van der Waals surface area contributed by atoms with E-state index in [1.807, 2.05) is 24.5 Å². The maximum Gasteiger partial charge on any atom is 0.154 e. The fraction of sp³-hybridized carbons (Fsp3) is 0.154. The Labute approximate surface area is 104 Å². The SMILES string of the molecule is Cc1ccc(-c2ncc3c(CN)cccn23)s1. The minimum atomic E-state index is 0.541. The Bertz CT molecular complexity index is 666. The van der Waals surface area contributed by atoms with Gasteiger partial charge in [-0.3, -0.25) is 4.40 Å². The van der Waals surface area contributed by atoms with Crippen molar-refractivity contribution >= 4 is 16.9 Å². The molecule has 17 heavy (non-hydrogen) atoms. The molecule has 0 aliphatic rings. The number of nitrogens with zero attached hydrogens (tertiary/aromatic N) is 2. The number of imidazole rings is 1. The van der Waals surface area contributed by atoms with Crippen LogP contribution in [0.3, 0.4) is 0 Å². The lowest BCUT2D eigenvalue weighted by Gasteiger charge is -2.02. The van der Waals surface area contributed by atoms with Crippen LogP contribution in [-0.4, -0.2) is 9.38 Å². The molecule has 0 saturated carbocycles. The van der Waals surface area contributed by atoms with Crippen molar-refractivity contribution in [1.82, 2.24) is 9.38 Å². The standard InChI is InChI=1S/C13H13N3S/c1-9-4-5-12(17-9)13-15-8-11-10(7-14)3-2-6-16(11)13/h2-6,8H,7,14H2,1H3. The molecule has 86 valence electrons. The fourth-order valence-electron chi connectivity index (χ4n) is 1.99. The van der Waals surface area contributed by atoms with E-state index in [2.05, 4.69) is 28.4 Å². The molecule has 0 unspecified atom stereocenters. The Morgan fingerprint density at radius 1 is 1.35 bits per heavy atom. The average Bonchev–Trinajstić information content (AvgIpc) is 2.94. The Hall–Kier alpha value is -1.65. The summed E-state index contributed by atoms with van der Waals surface area (Å²) in [6.07, 6.45) is 3.93. The van der Waals surface area contributed by atoms with E-state index in [1.165, 1.54) is 9.75 Å². The zero-order valence-electron chi connectivity index (χ0n) is 9.55. The van der Waals surface area contributed by atoms with E-state index in [0.29, 0.717) is 6.54 Å². The third kappa shape index (κ3) is 1.66. The van der Waals surface area contributed by atoms with Gasteiger partial charge in [0.25, 0.3) is 0 Å². The van der Waals surface area contributed by atoms with Gasteiger partial charge in [0.1, 0.15) is 0 Å². The molecule has 0 aromatic carbocycles. The first-order chi connectivity index (χ1) is 8.29. The second-order valence-electron chi connectivity index (χ2n) is 3.98. The highest BCUT2D eigenvalue weighted by Gasteiger charge is 2.09. The summed E-state index contributed by atoms with van der Waals surface area (Å²) in [7, 11) is 0. The van der Waals surface area contributed by atoms with Crippen LogP contribution in [0.15, 0.2) is 36.7 Å². The molecule has 2 N–H and O–H groups in total. The largest absolute Gasteiger partial charge is 0.326 e. The van der Waals surface area contributed by atoms with Crippen molar-refractivity contribution in [2.75, 3.05) is 0 Å². The van der Waals surface area contributed by atoms with Crippen LogP contribution in [0.1, 0.15) is 10.4 Å². The number of rotatable bonds is 2. The molecular weight excluding hydrogens is 230 g/mol. The molecule has 0 aliphatic carbocycles. The molecule has 0 aliphatic heterocycles. The first kappa shape index (κ1) is 10.5. The van der Waals surface area contributed by atoms with Crippen LogP contribution in [0, 0.1) is 6.92 Å². The highest BCUT2D eigenvalue weighted by atomic mass is 32.1. The molecule has 0 fully saturated rings. The lowest BCUT2D eigenvalue weighted by molar-refractivity contribution is 1.05.